The lowest BCUT2D eigenvalue weighted by atomic mass is 9.80. The molecule has 3 aliphatic rings. The lowest BCUT2D eigenvalue weighted by Gasteiger charge is -2.31. The summed E-state index contributed by atoms with van der Waals surface area (Å²) in [7, 11) is 6.65. The molecule has 4 aromatic heterocycles. The molecule has 0 spiro atoms. The highest BCUT2D eigenvalue weighted by Gasteiger charge is 2.41. The van der Waals surface area contributed by atoms with E-state index in [4.69, 9.17) is 32.0 Å². The van der Waals surface area contributed by atoms with Gasteiger partial charge in [-0.25, -0.2) is 9.55 Å². The second-order valence-corrected chi connectivity index (χ2v) is 11.7. The first-order valence-corrected chi connectivity index (χ1v) is 14.8. The second kappa shape index (κ2) is 11.1. The van der Waals surface area contributed by atoms with Crippen LogP contribution in [-0.4, -0.2) is 74.2 Å². The van der Waals surface area contributed by atoms with Crippen molar-refractivity contribution in [3.63, 3.8) is 0 Å². The molecule has 14 heteroatoms. The van der Waals surface area contributed by atoms with E-state index in [1.807, 2.05) is 30.9 Å². The second-order valence-electron chi connectivity index (χ2n) is 11.7. The summed E-state index contributed by atoms with van der Waals surface area (Å²) in [5, 5.41) is 12.3. The molecule has 13 nitrogen and oxygen atoms in total. The Balaban J connectivity index is 1.18. The van der Waals surface area contributed by atoms with Crippen LogP contribution in [0.2, 0.25) is 0 Å². The normalized spacial score (nSPS) is 22.3. The Labute approximate surface area is 249 Å². The molecule has 1 saturated heterocycles. The van der Waals surface area contributed by atoms with Crippen molar-refractivity contribution in [2.24, 2.45) is 0 Å². The number of aromatic nitrogens is 6. The average Bonchev–Trinajstić information content (AvgIpc) is 3.49. The number of rotatable bonds is 9. The fraction of sp³-hybridized carbons (Fsp3) is 0.517. The smallest absolute Gasteiger partial charge is 0.435 e. The van der Waals surface area contributed by atoms with Crippen molar-refractivity contribution in [2.45, 2.75) is 69.1 Å². The van der Waals surface area contributed by atoms with Crippen LogP contribution in [0.1, 0.15) is 63.2 Å². The maximum atomic E-state index is 11.6. The number of imidazole rings is 2. The van der Waals surface area contributed by atoms with E-state index in [1.54, 1.807) is 17.7 Å². The fourth-order valence-electron chi connectivity index (χ4n) is 6.11. The molecule has 222 valence electrons. The van der Waals surface area contributed by atoms with Gasteiger partial charge in [0.2, 0.25) is 5.88 Å². The zero-order valence-electron chi connectivity index (χ0n) is 24.0. The third-order valence-electron chi connectivity index (χ3n) is 8.50. The number of hydrogen-bond acceptors (Lipinski definition) is 10. The standard InChI is InChI=1S/C29H33BN8O5/c1-29(30,25-17-33-28(38(39)40)37(25)20-2-3-20)43-22-14-23-24(32-16-22)15-26(35-10-12-41-13-11-35)34-27(23)42-21-6-4-19(5-7-21)36-9-8-31-18-36/h8-9,14-21H,2-7,10-13H2,1H3. The van der Waals surface area contributed by atoms with E-state index < -0.39 is 10.4 Å². The Morgan fingerprint density at radius 2 is 1.84 bits per heavy atom. The van der Waals surface area contributed by atoms with Crippen LogP contribution in [0.25, 0.3) is 10.9 Å². The van der Waals surface area contributed by atoms with Gasteiger partial charge in [0.05, 0.1) is 42.7 Å². The molecule has 1 unspecified atom stereocenters. The minimum absolute atomic E-state index is 0.00759. The lowest BCUT2D eigenvalue weighted by molar-refractivity contribution is -0.397. The number of anilines is 1. The van der Waals surface area contributed by atoms with E-state index in [0.717, 1.165) is 62.9 Å². The molecule has 43 heavy (non-hydrogen) atoms. The van der Waals surface area contributed by atoms with Crippen LogP contribution >= 0.6 is 0 Å². The van der Waals surface area contributed by atoms with Crippen molar-refractivity contribution in [1.29, 1.82) is 0 Å². The SMILES string of the molecule is [B]C(C)(Oc1cnc2cc(N3CCOCC3)nc(OC3CCC(n4ccnc4)CC3)c2c1)c1cnc([N+](=O)[O-])n1C1CC1. The Morgan fingerprint density at radius 1 is 1.07 bits per heavy atom. The van der Waals surface area contributed by atoms with Gasteiger partial charge in [-0.2, -0.15) is 4.98 Å². The molecule has 2 aliphatic carbocycles. The molecule has 0 bridgehead atoms. The summed E-state index contributed by atoms with van der Waals surface area (Å²) in [5.74, 6) is 1.47. The van der Waals surface area contributed by atoms with E-state index in [0.29, 0.717) is 42.0 Å². The quantitative estimate of drug-likeness (QED) is 0.161. The molecular weight excluding hydrogens is 551 g/mol. The highest BCUT2D eigenvalue weighted by molar-refractivity contribution is 6.14. The van der Waals surface area contributed by atoms with Gasteiger partial charge in [0.1, 0.15) is 42.9 Å². The Kier molecular flexibility index (Phi) is 7.16. The molecule has 2 saturated carbocycles. The summed E-state index contributed by atoms with van der Waals surface area (Å²) in [4.78, 5) is 31.2. The number of ether oxygens (including phenoxy) is 3. The molecule has 1 aliphatic heterocycles. The van der Waals surface area contributed by atoms with Gasteiger partial charge in [-0.05, 0) is 56.4 Å². The largest absolute Gasteiger partial charge is 0.488 e. The Hall–Kier alpha value is -4.20. The van der Waals surface area contributed by atoms with Gasteiger partial charge in [-0.15, -0.1) is 0 Å². The van der Waals surface area contributed by atoms with Gasteiger partial charge < -0.3 is 33.8 Å². The van der Waals surface area contributed by atoms with Crippen LogP contribution < -0.4 is 14.4 Å². The first-order chi connectivity index (χ1) is 20.9. The lowest BCUT2D eigenvalue weighted by Crippen LogP contribution is -2.36. The topological polar surface area (TPSA) is 135 Å². The Bertz CT molecular complexity index is 1610. The zero-order valence-corrected chi connectivity index (χ0v) is 24.0. The highest BCUT2D eigenvalue weighted by atomic mass is 16.6. The number of morpholine rings is 1. The van der Waals surface area contributed by atoms with Crippen molar-refractivity contribution in [2.75, 3.05) is 31.2 Å². The molecule has 0 N–H and O–H groups in total. The molecule has 5 heterocycles. The van der Waals surface area contributed by atoms with E-state index in [9.17, 15) is 10.1 Å². The molecular formula is C29H33BN8O5. The summed E-state index contributed by atoms with van der Waals surface area (Å²) < 4.78 is 22.2. The van der Waals surface area contributed by atoms with Gasteiger partial charge in [-0.1, -0.05) is 4.98 Å². The number of pyridine rings is 2. The van der Waals surface area contributed by atoms with Gasteiger partial charge in [0, 0.05) is 37.6 Å². The van der Waals surface area contributed by atoms with Crippen LogP contribution in [0.3, 0.4) is 0 Å². The molecule has 7 rings (SSSR count). The predicted octanol–water partition coefficient (Wildman–Crippen LogP) is 4.09. The van der Waals surface area contributed by atoms with Gasteiger partial charge in [-0.3, -0.25) is 4.98 Å². The molecule has 0 amide bonds. The highest BCUT2D eigenvalue weighted by Crippen LogP contribution is 2.42. The van der Waals surface area contributed by atoms with Crippen LogP contribution in [-0.2, 0) is 10.2 Å². The third kappa shape index (κ3) is 5.63. The maximum absolute atomic E-state index is 11.6. The minimum Gasteiger partial charge on any atom is -0.488 e. The maximum Gasteiger partial charge on any atom is 0.435 e. The van der Waals surface area contributed by atoms with E-state index >= 15 is 0 Å². The van der Waals surface area contributed by atoms with E-state index in [-0.39, 0.29) is 18.1 Å². The van der Waals surface area contributed by atoms with Crippen LogP contribution in [0.15, 0.2) is 43.2 Å². The van der Waals surface area contributed by atoms with Crippen molar-refractivity contribution in [3.05, 3.63) is 59.1 Å². The van der Waals surface area contributed by atoms with Crippen molar-refractivity contribution < 1.29 is 19.1 Å². The molecule has 0 aromatic carbocycles. The summed E-state index contributed by atoms with van der Waals surface area (Å²) in [6.45, 7) is 4.42. The monoisotopic (exact) mass is 584 g/mol. The van der Waals surface area contributed by atoms with E-state index in [2.05, 4.69) is 19.4 Å². The summed E-state index contributed by atoms with van der Waals surface area (Å²) in [6.07, 6.45) is 14.2. The number of nitrogens with zero attached hydrogens (tertiary/aromatic N) is 8. The number of hydrogen-bond donors (Lipinski definition) is 0. The van der Waals surface area contributed by atoms with Crippen molar-refractivity contribution in [3.8, 4) is 11.6 Å². The first kappa shape index (κ1) is 27.6. The third-order valence-corrected chi connectivity index (χ3v) is 8.50. The Morgan fingerprint density at radius 3 is 2.53 bits per heavy atom. The van der Waals surface area contributed by atoms with Crippen LogP contribution in [0.4, 0.5) is 11.8 Å². The van der Waals surface area contributed by atoms with Gasteiger partial charge >= 0.3 is 5.95 Å². The fourth-order valence-corrected chi connectivity index (χ4v) is 6.11. The molecule has 2 radical (unpaired) electrons. The molecule has 4 aromatic rings. The summed E-state index contributed by atoms with van der Waals surface area (Å²) in [6, 6.07) is 4.20. The van der Waals surface area contributed by atoms with Crippen LogP contribution in [0, 0.1) is 10.1 Å². The number of nitro groups is 1. The van der Waals surface area contributed by atoms with Gasteiger partial charge in [0.15, 0.2) is 0 Å². The van der Waals surface area contributed by atoms with Crippen LogP contribution in [0.5, 0.6) is 11.6 Å². The van der Waals surface area contributed by atoms with Crippen molar-refractivity contribution >= 4 is 30.5 Å². The molecule has 1 atom stereocenters. The minimum atomic E-state index is -1.40. The van der Waals surface area contributed by atoms with Gasteiger partial charge in [0.25, 0.3) is 0 Å². The van der Waals surface area contributed by atoms with E-state index in [1.165, 1.54) is 6.20 Å². The first-order valence-electron chi connectivity index (χ1n) is 14.8. The number of fused-ring (bicyclic) bond motifs is 1. The summed E-state index contributed by atoms with van der Waals surface area (Å²) >= 11 is 0. The molecule has 3 fully saturated rings. The zero-order chi connectivity index (χ0) is 29.6. The van der Waals surface area contributed by atoms with Crippen molar-refractivity contribution in [1.82, 2.24) is 29.1 Å². The average molecular weight is 584 g/mol. The predicted molar refractivity (Wildman–Crippen MR) is 158 cm³/mol. The summed E-state index contributed by atoms with van der Waals surface area (Å²) in [5.41, 5.74) is -0.232.